The van der Waals surface area contributed by atoms with Gasteiger partial charge in [0.1, 0.15) is 11.7 Å². The average molecular weight is 327 g/mol. The molecule has 3 rings (SSSR count). The monoisotopic (exact) mass is 327 g/mol. The van der Waals surface area contributed by atoms with Gasteiger partial charge < -0.3 is 14.1 Å². The number of hydrogen-bond acceptors (Lipinski definition) is 4. The molecule has 1 aromatic carbocycles. The largest absolute Gasteiger partial charge is 0.480 e. The molecule has 6 heteroatoms. The third kappa shape index (κ3) is 2.91. The molecule has 126 valence electrons. The lowest BCUT2D eigenvalue weighted by molar-refractivity contribution is -0.140. The smallest absolute Gasteiger partial charge is 0.326 e. The van der Waals surface area contributed by atoms with Crippen LogP contribution in [0.15, 0.2) is 34.7 Å². The van der Waals surface area contributed by atoms with E-state index in [1.807, 2.05) is 37.3 Å². The number of aromatic nitrogens is 3. The number of para-hydroxylation sites is 1. The van der Waals surface area contributed by atoms with E-state index >= 15 is 0 Å². The van der Waals surface area contributed by atoms with E-state index in [9.17, 15) is 9.90 Å². The molecule has 0 bridgehead atoms. The van der Waals surface area contributed by atoms with E-state index in [0.29, 0.717) is 36.2 Å². The van der Waals surface area contributed by atoms with Crippen molar-refractivity contribution in [2.24, 2.45) is 5.92 Å². The van der Waals surface area contributed by atoms with Gasteiger partial charge in [-0.25, -0.2) is 4.79 Å². The lowest BCUT2D eigenvalue weighted by Gasteiger charge is -2.16. The second kappa shape index (κ2) is 6.47. The van der Waals surface area contributed by atoms with Crippen LogP contribution < -0.4 is 0 Å². The first-order valence-corrected chi connectivity index (χ1v) is 8.16. The topological polar surface area (TPSA) is 81.1 Å². The van der Waals surface area contributed by atoms with E-state index in [4.69, 9.17) is 4.42 Å². The molecule has 24 heavy (non-hydrogen) atoms. The Bertz CT molecular complexity index is 863. The molecule has 0 amide bonds. The summed E-state index contributed by atoms with van der Waals surface area (Å²) in [6.45, 7) is 6.02. The number of aliphatic carboxylic acids is 1. The third-order valence-electron chi connectivity index (χ3n) is 4.00. The number of nitrogens with zero attached hydrogens (tertiary/aromatic N) is 3. The van der Waals surface area contributed by atoms with Gasteiger partial charge in [0.05, 0.1) is 0 Å². The quantitative estimate of drug-likeness (QED) is 0.742. The number of benzene rings is 1. The molecule has 1 unspecified atom stereocenters. The van der Waals surface area contributed by atoms with Crippen molar-refractivity contribution in [1.82, 2.24) is 14.8 Å². The third-order valence-corrected chi connectivity index (χ3v) is 4.00. The highest BCUT2D eigenvalue weighted by molar-refractivity contribution is 5.88. The van der Waals surface area contributed by atoms with Crippen LogP contribution in [0.4, 0.5) is 0 Å². The van der Waals surface area contributed by atoms with Gasteiger partial charge in [-0.2, -0.15) is 0 Å². The highest BCUT2D eigenvalue weighted by Crippen LogP contribution is 2.32. The Hall–Kier alpha value is -2.63. The summed E-state index contributed by atoms with van der Waals surface area (Å²) in [6, 6.07) is 8.92. The van der Waals surface area contributed by atoms with Gasteiger partial charge in [-0.05, 0) is 24.5 Å². The summed E-state index contributed by atoms with van der Waals surface area (Å²) in [7, 11) is 0. The van der Waals surface area contributed by atoms with Crippen molar-refractivity contribution in [1.29, 1.82) is 0 Å². The van der Waals surface area contributed by atoms with E-state index in [1.54, 1.807) is 4.57 Å². The molecular weight excluding hydrogens is 306 g/mol. The van der Waals surface area contributed by atoms with Crippen molar-refractivity contribution in [3.05, 3.63) is 36.2 Å². The molecule has 1 N–H and O–H groups in total. The number of fused-ring (bicyclic) bond motifs is 1. The van der Waals surface area contributed by atoms with Crippen molar-refractivity contribution < 1.29 is 14.3 Å². The van der Waals surface area contributed by atoms with Crippen molar-refractivity contribution in [3.63, 3.8) is 0 Å². The Labute approximate surface area is 140 Å². The van der Waals surface area contributed by atoms with Gasteiger partial charge in [-0.3, -0.25) is 0 Å². The molecule has 2 heterocycles. The van der Waals surface area contributed by atoms with Gasteiger partial charge in [-0.15, -0.1) is 10.2 Å². The number of rotatable bonds is 6. The van der Waals surface area contributed by atoms with Gasteiger partial charge >= 0.3 is 5.97 Å². The van der Waals surface area contributed by atoms with E-state index in [2.05, 4.69) is 24.0 Å². The highest BCUT2D eigenvalue weighted by Gasteiger charge is 2.25. The van der Waals surface area contributed by atoms with Crippen molar-refractivity contribution in [2.45, 2.75) is 39.7 Å². The zero-order valence-corrected chi connectivity index (χ0v) is 14.1. The summed E-state index contributed by atoms with van der Waals surface area (Å²) in [4.78, 5) is 11.7. The van der Waals surface area contributed by atoms with E-state index in [-0.39, 0.29) is 0 Å². The molecule has 0 aliphatic heterocycles. The summed E-state index contributed by atoms with van der Waals surface area (Å²) in [5.74, 6) is 0.468. The molecule has 0 aliphatic rings. The Kier molecular flexibility index (Phi) is 4.38. The summed E-state index contributed by atoms with van der Waals surface area (Å²) >= 11 is 0. The van der Waals surface area contributed by atoms with Crippen LogP contribution in [0, 0.1) is 5.92 Å². The number of hydrogen-bond donors (Lipinski definition) is 1. The minimum atomic E-state index is -0.873. The van der Waals surface area contributed by atoms with E-state index < -0.39 is 12.0 Å². The van der Waals surface area contributed by atoms with E-state index in [1.165, 1.54) is 0 Å². The van der Waals surface area contributed by atoms with Crippen LogP contribution in [0.5, 0.6) is 0 Å². The summed E-state index contributed by atoms with van der Waals surface area (Å²) in [5, 5.41) is 18.8. The summed E-state index contributed by atoms with van der Waals surface area (Å²) < 4.78 is 7.57. The first-order valence-electron chi connectivity index (χ1n) is 8.16. The Morgan fingerprint density at radius 1 is 1.29 bits per heavy atom. The summed E-state index contributed by atoms with van der Waals surface area (Å²) in [6.07, 6.45) is 1.16. The van der Waals surface area contributed by atoms with Crippen LogP contribution in [0.3, 0.4) is 0 Å². The van der Waals surface area contributed by atoms with E-state index in [0.717, 1.165) is 10.9 Å². The number of carboxylic acids is 1. The summed E-state index contributed by atoms with van der Waals surface area (Å²) in [5.41, 5.74) is 1.50. The van der Waals surface area contributed by atoms with Crippen LogP contribution in [-0.4, -0.2) is 25.8 Å². The molecule has 3 aromatic rings. The number of carbonyl (C=O) groups is 1. The molecule has 0 aliphatic carbocycles. The maximum Gasteiger partial charge on any atom is 0.326 e. The first kappa shape index (κ1) is 16.2. The first-order chi connectivity index (χ1) is 11.5. The minimum absolute atomic E-state index is 0.363. The fourth-order valence-corrected chi connectivity index (χ4v) is 2.93. The molecule has 0 radical (unpaired) electrons. The SMILES string of the molecule is CCC(C(=O)O)n1c(-c2nnc(CC(C)C)o2)cc2ccccc21. The highest BCUT2D eigenvalue weighted by atomic mass is 16.4. The van der Waals surface area contributed by atoms with Gasteiger partial charge in [0.2, 0.25) is 5.89 Å². The van der Waals surface area contributed by atoms with Crippen LogP contribution >= 0.6 is 0 Å². The molecule has 6 nitrogen and oxygen atoms in total. The van der Waals surface area contributed by atoms with Crippen molar-refractivity contribution >= 4 is 16.9 Å². The molecule has 1 atom stereocenters. The molecule has 0 fully saturated rings. The van der Waals surface area contributed by atoms with Gasteiger partial charge in [0.25, 0.3) is 5.89 Å². The molecule has 2 aromatic heterocycles. The number of carboxylic acid groups (broad SMARTS) is 1. The molecule has 0 saturated heterocycles. The maximum atomic E-state index is 11.7. The van der Waals surface area contributed by atoms with Crippen LogP contribution in [0.25, 0.3) is 22.5 Å². The van der Waals surface area contributed by atoms with Crippen LogP contribution in [-0.2, 0) is 11.2 Å². The Morgan fingerprint density at radius 2 is 2.04 bits per heavy atom. The second-order valence-corrected chi connectivity index (χ2v) is 6.32. The lowest BCUT2D eigenvalue weighted by atomic mass is 10.1. The molecular formula is C18H21N3O3. The average Bonchev–Trinajstić information content (AvgIpc) is 3.12. The second-order valence-electron chi connectivity index (χ2n) is 6.32. The van der Waals surface area contributed by atoms with Gasteiger partial charge in [0, 0.05) is 17.3 Å². The van der Waals surface area contributed by atoms with Crippen molar-refractivity contribution in [2.75, 3.05) is 0 Å². The predicted molar refractivity (Wildman–Crippen MR) is 90.7 cm³/mol. The standard InChI is InChI=1S/C18H21N3O3/c1-4-13(18(22)23)21-14-8-6-5-7-12(14)10-15(21)17-20-19-16(24-17)9-11(2)3/h5-8,10-11,13H,4,9H2,1-3H3,(H,22,23). The van der Waals surface area contributed by atoms with Crippen LogP contribution in [0.1, 0.15) is 39.1 Å². The zero-order chi connectivity index (χ0) is 17.3. The van der Waals surface area contributed by atoms with Gasteiger partial charge in [0.15, 0.2) is 0 Å². The maximum absolute atomic E-state index is 11.7. The Morgan fingerprint density at radius 3 is 2.71 bits per heavy atom. The fourth-order valence-electron chi connectivity index (χ4n) is 2.93. The normalized spacial score (nSPS) is 12.8. The molecule has 0 spiro atoms. The lowest BCUT2D eigenvalue weighted by Crippen LogP contribution is -2.18. The zero-order valence-electron chi connectivity index (χ0n) is 14.1. The minimum Gasteiger partial charge on any atom is -0.480 e. The fraction of sp³-hybridized carbons (Fsp3) is 0.389. The molecule has 0 saturated carbocycles. The van der Waals surface area contributed by atoms with Crippen LogP contribution in [0.2, 0.25) is 0 Å². The van der Waals surface area contributed by atoms with Crippen molar-refractivity contribution in [3.8, 4) is 11.6 Å². The van der Waals surface area contributed by atoms with Gasteiger partial charge in [-0.1, -0.05) is 39.0 Å². The predicted octanol–water partition coefficient (Wildman–Crippen LogP) is 3.93. The Balaban J connectivity index is 2.16.